The average molecular weight is 269 g/mol. The SMILES string of the molecule is CCC1CN(c2ccc(CCN)c(Cl)c2)CCO1. The summed E-state index contributed by atoms with van der Waals surface area (Å²) in [7, 11) is 0. The van der Waals surface area contributed by atoms with Gasteiger partial charge in [-0.2, -0.15) is 0 Å². The topological polar surface area (TPSA) is 38.5 Å². The van der Waals surface area contributed by atoms with E-state index in [4.69, 9.17) is 22.1 Å². The molecular weight excluding hydrogens is 248 g/mol. The van der Waals surface area contributed by atoms with Crippen molar-refractivity contribution in [3.8, 4) is 0 Å². The number of hydrogen-bond donors (Lipinski definition) is 1. The van der Waals surface area contributed by atoms with Crippen LogP contribution in [0, 0.1) is 0 Å². The molecule has 3 nitrogen and oxygen atoms in total. The molecule has 4 heteroatoms. The Morgan fingerprint density at radius 2 is 2.33 bits per heavy atom. The summed E-state index contributed by atoms with van der Waals surface area (Å²) in [6, 6.07) is 6.26. The Balaban J connectivity index is 2.10. The maximum atomic E-state index is 6.28. The molecule has 0 saturated carbocycles. The summed E-state index contributed by atoms with van der Waals surface area (Å²) >= 11 is 6.28. The Bertz CT molecular complexity index is 397. The smallest absolute Gasteiger partial charge is 0.0748 e. The lowest BCUT2D eigenvalue weighted by Gasteiger charge is -2.34. The first-order valence-corrected chi connectivity index (χ1v) is 6.97. The summed E-state index contributed by atoms with van der Waals surface area (Å²) in [5.74, 6) is 0. The first-order valence-electron chi connectivity index (χ1n) is 6.59. The highest BCUT2D eigenvalue weighted by Gasteiger charge is 2.19. The number of nitrogens with zero attached hydrogens (tertiary/aromatic N) is 1. The van der Waals surface area contributed by atoms with E-state index >= 15 is 0 Å². The fourth-order valence-corrected chi connectivity index (χ4v) is 2.56. The van der Waals surface area contributed by atoms with Crippen LogP contribution in [0.4, 0.5) is 5.69 Å². The van der Waals surface area contributed by atoms with E-state index < -0.39 is 0 Å². The minimum Gasteiger partial charge on any atom is -0.375 e. The lowest BCUT2D eigenvalue weighted by Crippen LogP contribution is -2.42. The van der Waals surface area contributed by atoms with Crippen molar-refractivity contribution >= 4 is 17.3 Å². The average Bonchev–Trinajstić information content (AvgIpc) is 2.41. The summed E-state index contributed by atoms with van der Waals surface area (Å²) in [6.45, 7) is 5.47. The molecule has 1 aromatic carbocycles. The van der Waals surface area contributed by atoms with E-state index in [2.05, 4.69) is 24.0 Å². The van der Waals surface area contributed by atoms with E-state index in [0.717, 1.165) is 43.1 Å². The molecule has 0 aliphatic carbocycles. The van der Waals surface area contributed by atoms with Crippen LogP contribution >= 0.6 is 11.6 Å². The second-order valence-electron chi connectivity index (χ2n) is 4.66. The quantitative estimate of drug-likeness (QED) is 0.912. The maximum Gasteiger partial charge on any atom is 0.0748 e. The van der Waals surface area contributed by atoms with Crippen LogP contribution in [0.25, 0.3) is 0 Å². The monoisotopic (exact) mass is 268 g/mol. The van der Waals surface area contributed by atoms with Gasteiger partial charge in [-0.1, -0.05) is 24.6 Å². The predicted molar refractivity (Wildman–Crippen MR) is 76.5 cm³/mol. The predicted octanol–water partition coefficient (Wildman–Crippen LogP) is 2.46. The van der Waals surface area contributed by atoms with Gasteiger partial charge in [0.1, 0.15) is 0 Å². The molecule has 0 spiro atoms. The van der Waals surface area contributed by atoms with Gasteiger partial charge in [0.05, 0.1) is 12.7 Å². The zero-order chi connectivity index (χ0) is 13.0. The van der Waals surface area contributed by atoms with Crippen molar-refractivity contribution in [2.75, 3.05) is 31.1 Å². The van der Waals surface area contributed by atoms with Crippen molar-refractivity contribution in [1.82, 2.24) is 0 Å². The largest absolute Gasteiger partial charge is 0.375 e. The van der Waals surface area contributed by atoms with E-state index in [-0.39, 0.29) is 0 Å². The molecule has 18 heavy (non-hydrogen) atoms. The molecule has 2 N–H and O–H groups in total. The van der Waals surface area contributed by atoms with Crippen molar-refractivity contribution in [3.05, 3.63) is 28.8 Å². The van der Waals surface area contributed by atoms with Crippen LogP contribution in [0.3, 0.4) is 0 Å². The normalized spacial score (nSPS) is 20.2. The number of benzene rings is 1. The summed E-state index contributed by atoms with van der Waals surface area (Å²) in [5.41, 5.74) is 7.87. The third kappa shape index (κ3) is 3.16. The maximum absolute atomic E-state index is 6.28. The number of morpholine rings is 1. The van der Waals surface area contributed by atoms with Crippen molar-refractivity contribution in [1.29, 1.82) is 0 Å². The van der Waals surface area contributed by atoms with Crippen LogP contribution in [0.1, 0.15) is 18.9 Å². The highest BCUT2D eigenvalue weighted by atomic mass is 35.5. The Hall–Kier alpha value is -0.770. The molecule has 1 unspecified atom stereocenters. The fourth-order valence-electron chi connectivity index (χ4n) is 2.29. The Morgan fingerprint density at radius 1 is 1.50 bits per heavy atom. The van der Waals surface area contributed by atoms with Crippen LogP contribution in [-0.4, -0.2) is 32.3 Å². The summed E-state index contributed by atoms with van der Waals surface area (Å²) in [6.07, 6.45) is 2.22. The zero-order valence-electron chi connectivity index (χ0n) is 10.9. The first kappa shape index (κ1) is 13.7. The van der Waals surface area contributed by atoms with Crippen LogP contribution in [0.5, 0.6) is 0 Å². The van der Waals surface area contributed by atoms with Crippen molar-refractivity contribution < 1.29 is 4.74 Å². The minimum atomic E-state index is 0.334. The number of hydrogen-bond acceptors (Lipinski definition) is 3. The minimum absolute atomic E-state index is 0.334. The van der Waals surface area contributed by atoms with E-state index in [1.54, 1.807) is 0 Å². The molecule has 2 rings (SSSR count). The molecule has 0 aromatic heterocycles. The summed E-state index contributed by atoms with van der Waals surface area (Å²) in [5, 5.41) is 0.817. The summed E-state index contributed by atoms with van der Waals surface area (Å²) in [4.78, 5) is 2.34. The number of anilines is 1. The van der Waals surface area contributed by atoms with Gasteiger partial charge >= 0.3 is 0 Å². The molecule has 1 aromatic rings. The standard InChI is InChI=1S/C14H21ClN2O/c1-2-13-10-17(7-8-18-13)12-4-3-11(5-6-16)14(15)9-12/h3-4,9,13H,2,5-8,10,16H2,1H3. The highest BCUT2D eigenvalue weighted by molar-refractivity contribution is 6.31. The van der Waals surface area contributed by atoms with Crippen molar-refractivity contribution in [2.45, 2.75) is 25.9 Å². The van der Waals surface area contributed by atoms with E-state index in [1.807, 2.05) is 6.07 Å². The van der Waals surface area contributed by atoms with Crippen molar-refractivity contribution in [2.24, 2.45) is 5.73 Å². The van der Waals surface area contributed by atoms with Crippen LogP contribution in [0.15, 0.2) is 18.2 Å². The number of nitrogens with two attached hydrogens (primary N) is 1. The Labute approximate surface area is 114 Å². The molecule has 0 amide bonds. The van der Waals surface area contributed by atoms with Gasteiger partial charge in [0, 0.05) is 23.8 Å². The molecule has 0 radical (unpaired) electrons. The van der Waals surface area contributed by atoms with E-state index in [1.165, 1.54) is 5.69 Å². The van der Waals surface area contributed by atoms with Crippen LogP contribution in [-0.2, 0) is 11.2 Å². The first-order chi connectivity index (χ1) is 8.74. The van der Waals surface area contributed by atoms with Gasteiger partial charge in [-0.25, -0.2) is 0 Å². The van der Waals surface area contributed by atoms with Gasteiger partial charge in [-0.3, -0.25) is 0 Å². The molecule has 0 bridgehead atoms. The molecule has 1 aliphatic heterocycles. The molecule has 1 heterocycles. The van der Waals surface area contributed by atoms with Gasteiger partial charge in [0.25, 0.3) is 0 Å². The van der Waals surface area contributed by atoms with E-state index in [9.17, 15) is 0 Å². The Kier molecular flexibility index (Phi) is 4.87. The number of rotatable bonds is 4. The van der Waals surface area contributed by atoms with Crippen LogP contribution < -0.4 is 10.6 Å². The molecule has 1 atom stereocenters. The van der Waals surface area contributed by atoms with Crippen molar-refractivity contribution in [3.63, 3.8) is 0 Å². The van der Waals surface area contributed by atoms with Gasteiger partial charge in [0.15, 0.2) is 0 Å². The summed E-state index contributed by atoms with van der Waals surface area (Å²) < 4.78 is 5.68. The van der Waals surface area contributed by atoms with Gasteiger partial charge in [-0.05, 0) is 37.1 Å². The third-order valence-electron chi connectivity index (χ3n) is 3.41. The highest BCUT2D eigenvalue weighted by Crippen LogP contribution is 2.25. The number of halogens is 1. The Morgan fingerprint density at radius 3 is 3.00 bits per heavy atom. The molecule has 1 fully saturated rings. The molecule has 1 aliphatic rings. The third-order valence-corrected chi connectivity index (χ3v) is 3.76. The van der Waals surface area contributed by atoms with Gasteiger partial charge in [-0.15, -0.1) is 0 Å². The second kappa shape index (κ2) is 6.41. The second-order valence-corrected chi connectivity index (χ2v) is 5.07. The van der Waals surface area contributed by atoms with Crippen LogP contribution in [0.2, 0.25) is 5.02 Å². The van der Waals surface area contributed by atoms with Gasteiger partial charge < -0.3 is 15.4 Å². The molecular formula is C14H21ClN2O. The number of ether oxygens (including phenoxy) is 1. The fraction of sp³-hybridized carbons (Fsp3) is 0.571. The van der Waals surface area contributed by atoms with E-state index in [0.29, 0.717) is 12.6 Å². The molecule has 100 valence electrons. The lowest BCUT2D eigenvalue weighted by atomic mass is 10.1. The molecule has 1 saturated heterocycles. The van der Waals surface area contributed by atoms with Gasteiger partial charge in [0.2, 0.25) is 0 Å². The zero-order valence-corrected chi connectivity index (χ0v) is 11.6. The lowest BCUT2D eigenvalue weighted by molar-refractivity contribution is 0.0384.